The second-order valence-electron chi connectivity index (χ2n) is 6.85. The zero-order valence-corrected chi connectivity index (χ0v) is 17.9. The Morgan fingerprint density at radius 3 is 2.33 bits per heavy atom. The van der Waals surface area contributed by atoms with Crippen molar-refractivity contribution in [2.75, 3.05) is 56.8 Å². The van der Waals surface area contributed by atoms with E-state index in [0.717, 1.165) is 35.8 Å². The number of anilines is 2. The number of hydrogen-bond donors (Lipinski definition) is 1. The molecule has 162 valence electrons. The average Bonchev–Trinajstić information content (AvgIpc) is 2.77. The summed E-state index contributed by atoms with van der Waals surface area (Å²) in [5.41, 5.74) is 2.47. The van der Waals surface area contributed by atoms with Crippen molar-refractivity contribution in [1.29, 1.82) is 0 Å². The van der Waals surface area contributed by atoms with Gasteiger partial charge in [-0.3, -0.25) is 4.79 Å². The first kappa shape index (κ1) is 21.8. The van der Waals surface area contributed by atoms with Gasteiger partial charge in [-0.2, -0.15) is 0 Å². The highest BCUT2D eigenvalue weighted by molar-refractivity contribution is 5.94. The van der Waals surface area contributed by atoms with E-state index in [1.165, 1.54) is 0 Å². The number of hydrogen-bond acceptors (Lipinski definition) is 6. The summed E-state index contributed by atoms with van der Waals surface area (Å²) >= 11 is 0. The molecule has 1 heterocycles. The van der Waals surface area contributed by atoms with E-state index < -0.39 is 0 Å². The number of methoxy groups -OCH3 is 1. The normalized spacial score (nSPS) is 13.6. The molecule has 2 aromatic rings. The number of nitrogens with one attached hydrogen (secondary N) is 1. The Kier molecular flexibility index (Phi) is 7.79. The standard InChI is InChI=1S/C23H30N2O5/c1-4-29-21-16-20(25-10-12-28-13-11-25)22(30-5-2)15-19(21)24-23(26)14-17-6-8-18(27-3)9-7-17/h6-9,15-16H,4-5,10-14H2,1-3H3,(H,24,26). The smallest absolute Gasteiger partial charge is 0.228 e. The second-order valence-corrected chi connectivity index (χ2v) is 6.85. The summed E-state index contributed by atoms with van der Waals surface area (Å²) in [7, 11) is 1.62. The summed E-state index contributed by atoms with van der Waals surface area (Å²) in [6, 6.07) is 11.3. The lowest BCUT2D eigenvalue weighted by Gasteiger charge is -2.31. The number of rotatable bonds is 9. The molecule has 1 aliphatic heterocycles. The van der Waals surface area contributed by atoms with Crippen LogP contribution in [0, 0.1) is 0 Å². The molecule has 0 bridgehead atoms. The Balaban J connectivity index is 1.82. The number of ether oxygens (including phenoxy) is 4. The predicted molar refractivity (Wildman–Crippen MR) is 117 cm³/mol. The first-order valence-corrected chi connectivity index (χ1v) is 10.3. The van der Waals surface area contributed by atoms with E-state index in [4.69, 9.17) is 18.9 Å². The lowest BCUT2D eigenvalue weighted by Crippen LogP contribution is -2.36. The fourth-order valence-corrected chi connectivity index (χ4v) is 3.37. The van der Waals surface area contributed by atoms with Crippen LogP contribution in [0.3, 0.4) is 0 Å². The summed E-state index contributed by atoms with van der Waals surface area (Å²) in [6.45, 7) is 7.83. The number of carbonyl (C=O) groups is 1. The SMILES string of the molecule is CCOc1cc(N2CCOCC2)c(OCC)cc1NC(=O)Cc1ccc(OC)cc1. The molecular formula is C23H30N2O5. The van der Waals surface area contributed by atoms with Crippen molar-refractivity contribution in [1.82, 2.24) is 0 Å². The fourth-order valence-electron chi connectivity index (χ4n) is 3.37. The van der Waals surface area contributed by atoms with Crippen LogP contribution in [-0.2, 0) is 16.0 Å². The van der Waals surface area contributed by atoms with Crippen LogP contribution >= 0.6 is 0 Å². The number of carbonyl (C=O) groups excluding carboxylic acids is 1. The van der Waals surface area contributed by atoms with E-state index in [0.29, 0.717) is 37.9 Å². The predicted octanol–water partition coefficient (Wildman–Crippen LogP) is 3.51. The highest BCUT2D eigenvalue weighted by atomic mass is 16.5. The molecule has 0 spiro atoms. The molecule has 1 amide bonds. The van der Waals surface area contributed by atoms with Crippen LogP contribution in [0.15, 0.2) is 36.4 Å². The molecule has 0 radical (unpaired) electrons. The van der Waals surface area contributed by atoms with Gasteiger partial charge in [0.1, 0.15) is 17.2 Å². The maximum Gasteiger partial charge on any atom is 0.228 e. The molecule has 7 heteroatoms. The van der Waals surface area contributed by atoms with Crippen LogP contribution < -0.4 is 24.4 Å². The molecule has 0 atom stereocenters. The molecule has 1 fully saturated rings. The Morgan fingerprint density at radius 2 is 1.70 bits per heavy atom. The first-order valence-electron chi connectivity index (χ1n) is 10.3. The number of benzene rings is 2. The van der Waals surface area contributed by atoms with Gasteiger partial charge in [0, 0.05) is 25.2 Å². The first-order chi connectivity index (χ1) is 14.6. The molecule has 7 nitrogen and oxygen atoms in total. The molecule has 1 N–H and O–H groups in total. The number of nitrogens with zero attached hydrogens (tertiary/aromatic N) is 1. The topological polar surface area (TPSA) is 69.3 Å². The Hall–Kier alpha value is -2.93. The maximum atomic E-state index is 12.7. The molecule has 30 heavy (non-hydrogen) atoms. The van der Waals surface area contributed by atoms with Crippen molar-refractivity contribution in [3.8, 4) is 17.2 Å². The third-order valence-electron chi connectivity index (χ3n) is 4.81. The van der Waals surface area contributed by atoms with E-state index in [9.17, 15) is 4.79 Å². The summed E-state index contributed by atoms with van der Waals surface area (Å²) in [4.78, 5) is 14.9. The van der Waals surface area contributed by atoms with Gasteiger partial charge in [0.15, 0.2) is 0 Å². The Bertz CT molecular complexity index is 832. The quantitative estimate of drug-likeness (QED) is 0.677. The van der Waals surface area contributed by atoms with Crippen LogP contribution in [-0.4, -0.2) is 52.5 Å². The van der Waals surface area contributed by atoms with Crippen molar-refractivity contribution in [3.63, 3.8) is 0 Å². The summed E-state index contributed by atoms with van der Waals surface area (Å²) in [6.07, 6.45) is 0.255. The molecule has 1 saturated heterocycles. The highest BCUT2D eigenvalue weighted by Gasteiger charge is 2.20. The van der Waals surface area contributed by atoms with E-state index in [1.807, 2.05) is 50.2 Å². The second kappa shape index (κ2) is 10.7. The minimum absolute atomic E-state index is 0.123. The van der Waals surface area contributed by atoms with Crippen LogP contribution in [0.25, 0.3) is 0 Å². The average molecular weight is 415 g/mol. The van der Waals surface area contributed by atoms with Crippen molar-refractivity contribution >= 4 is 17.3 Å². The van der Waals surface area contributed by atoms with E-state index >= 15 is 0 Å². The van der Waals surface area contributed by atoms with Gasteiger partial charge in [-0.1, -0.05) is 12.1 Å². The molecule has 3 rings (SSSR count). The van der Waals surface area contributed by atoms with Gasteiger partial charge in [0.25, 0.3) is 0 Å². The fraction of sp³-hybridized carbons (Fsp3) is 0.435. The van der Waals surface area contributed by atoms with Crippen LogP contribution in [0.4, 0.5) is 11.4 Å². The van der Waals surface area contributed by atoms with Gasteiger partial charge >= 0.3 is 0 Å². The third-order valence-corrected chi connectivity index (χ3v) is 4.81. The van der Waals surface area contributed by atoms with Crippen molar-refractivity contribution in [2.45, 2.75) is 20.3 Å². The van der Waals surface area contributed by atoms with Gasteiger partial charge in [0.05, 0.1) is 51.3 Å². The summed E-state index contributed by atoms with van der Waals surface area (Å²) < 4.78 is 22.4. The minimum Gasteiger partial charge on any atom is -0.497 e. The Morgan fingerprint density at radius 1 is 1.03 bits per heavy atom. The van der Waals surface area contributed by atoms with E-state index in [-0.39, 0.29) is 12.3 Å². The molecular weight excluding hydrogens is 384 g/mol. The summed E-state index contributed by atoms with van der Waals surface area (Å²) in [5.74, 6) is 1.99. The molecule has 0 aromatic heterocycles. The molecule has 2 aromatic carbocycles. The van der Waals surface area contributed by atoms with Crippen LogP contribution in [0.1, 0.15) is 19.4 Å². The van der Waals surface area contributed by atoms with Gasteiger partial charge in [-0.25, -0.2) is 0 Å². The monoisotopic (exact) mass is 414 g/mol. The maximum absolute atomic E-state index is 12.7. The van der Waals surface area contributed by atoms with Crippen LogP contribution in [0.5, 0.6) is 17.2 Å². The van der Waals surface area contributed by atoms with Gasteiger partial charge < -0.3 is 29.2 Å². The molecule has 0 aliphatic carbocycles. The highest BCUT2D eigenvalue weighted by Crippen LogP contribution is 2.39. The van der Waals surface area contributed by atoms with Crippen LogP contribution in [0.2, 0.25) is 0 Å². The summed E-state index contributed by atoms with van der Waals surface area (Å²) in [5, 5.41) is 2.98. The van der Waals surface area contributed by atoms with E-state index in [2.05, 4.69) is 10.2 Å². The lowest BCUT2D eigenvalue weighted by molar-refractivity contribution is -0.115. The zero-order chi connectivity index (χ0) is 21.3. The molecule has 0 saturated carbocycles. The number of morpholine rings is 1. The largest absolute Gasteiger partial charge is 0.497 e. The van der Waals surface area contributed by atoms with Gasteiger partial charge in [-0.05, 0) is 31.5 Å². The van der Waals surface area contributed by atoms with Gasteiger partial charge in [0.2, 0.25) is 5.91 Å². The van der Waals surface area contributed by atoms with Gasteiger partial charge in [-0.15, -0.1) is 0 Å². The Labute approximate surface area is 177 Å². The van der Waals surface area contributed by atoms with Crippen molar-refractivity contribution in [2.24, 2.45) is 0 Å². The molecule has 1 aliphatic rings. The van der Waals surface area contributed by atoms with Crippen molar-refractivity contribution < 1.29 is 23.7 Å². The number of amides is 1. The van der Waals surface area contributed by atoms with E-state index in [1.54, 1.807) is 7.11 Å². The lowest BCUT2D eigenvalue weighted by atomic mass is 10.1. The third kappa shape index (κ3) is 5.57. The van der Waals surface area contributed by atoms with Crippen molar-refractivity contribution in [3.05, 3.63) is 42.0 Å². The minimum atomic E-state index is -0.123. The zero-order valence-electron chi connectivity index (χ0n) is 17.9. The molecule has 0 unspecified atom stereocenters.